The number of ether oxygens (including phenoxy) is 1. The van der Waals surface area contributed by atoms with Crippen molar-refractivity contribution in [1.29, 1.82) is 0 Å². The first-order valence-electron chi connectivity index (χ1n) is 10.3. The predicted octanol–water partition coefficient (Wildman–Crippen LogP) is 0.888. The van der Waals surface area contributed by atoms with Crippen LogP contribution in [0, 0.1) is 5.92 Å². The van der Waals surface area contributed by atoms with Crippen molar-refractivity contribution in [3.8, 4) is 0 Å². The summed E-state index contributed by atoms with van der Waals surface area (Å²) < 4.78 is 4.89. The van der Waals surface area contributed by atoms with Crippen molar-refractivity contribution >= 4 is 41.0 Å². The van der Waals surface area contributed by atoms with E-state index in [0.29, 0.717) is 24.3 Å². The van der Waals surface area contributed by atoms with Crippen LogP contribution in [0.5, 0.6) is 0 Å². The first-order chi connectivity index (χ1) is 15.2. The monoisotopic (exact) mass is 444 g/mol. The Labute approximate surface area is 186 Å². The molecule has 0 bridgehead atoms. The maximum atomic E-state index is 12.8. The Morgan fingerprint density at radius 1 is 1.12 bits per heavy atom. The third-order valence-electron chi connectivity index (χ3n) is 4.60. The van der Waals surface area contributed by atoms with E-state index in [1.807, 2.05) is 6.92 Å². The number of anilines is 2. The number of nitrogens with one attached hydrogen (secondary N) is 4. The summed E-state index contributed by atoms with van der Waals surface area (Å²) in [5.41, 5.74) is 1.92. The molecule has 0 saturated heterocycles. The minimum Gasteiger partial charge on any atom is -0.460 e. The Morgan fingerprint density at radius 2 is 1.81 bits per heavy atom. The molecule has 10 heteroatoms. The molecule has 0 aliphatic carbocycles. The number of rotatable bonds is 11. The zero-order valence-electron chi connectivity index (χ0n) is 18.2. The SMILES string of the molecule is C=C(C)C(=O)OCCNC(=O)C(C(=O)NCCCC)C(=O)Nc1ccc2c(c1)NC(=O)C2. The fourth-order valence-electron chi connectivity index (χ4n) is 2.90. The molecule has 0 fully saturated rings. The summed E-state index contributed by atoms with van der Waals surface area (Å²) in [6.07, 6.45) is 1.78. The summed E-state index contributed by atoms with van der Waals surface area (Å²) in [6, 6.07) is 4.85. The number of benzene rings is 1. The van der Waals surface area contributed by atoms with Gasteiger partial charge in [-0.25, -0.2) is 4.79 Å². The Balaban J connectivity index is 2.04. The highest BCUT2D eigenvalue weighted by molar-refractivity contribution is 6.21. The van der Waals surface area contributed by atoms with Gasteiger partial charge in [0.25, 0.3) is 0 Å². The molecule has 0 aromatic heterocycles. The molecule has 4 N–H and O–H groups in total. The second-order valence-corrected chi connectivity index (χ2v) is 7.37. The second kappa shape index (κ2) is 11.6. The van der Waals surface area contributed by atoms with E-state index in [4.69, 9.17) is 4.74 Å². The molecule has 0 saturated carbocycles. The van der Waals surface area contributed by atoms with Crippen LogP contribution in [0.2, 0.25) is 0 Å². The van der Waals surface area contributed by atoms with Crippen LogP contribution in [-0.2, 0) is 35.1 Å². The Hall–Kier alpha value is -3.69. The van der Waals surface area contributed by atoms with Crippen molar-refractivity contribution in [2.24, 2.45) is 5.92 Å². The van der Waals surface area contributed by atoms with Gasteiger partial charge in [-0.15, -0.1) is 0 Å². The van der Waals surface area contributed by atoms with E-state index in [-0.39, 0.29) is 31.1 Å². The molecule has 1 aromatic carbocycles. The van der Waals surface area contributed by atoms with Gasteiger partial charge < -0.3 is 26.0 Å². The molecule has 32 heavy (non-hydrogen) atoms. The number of fused-ring (bicyclic) bond motifs is 1. The highest BCUT2D eigenvalue weighted by atomic mass is 16.5. The molecule has 0 radical (unpaired) electrons. The first kappa shape index (κ1) is 24.6. The first-order valence-corrected chi connectivity index (χ1v) is 10.3. The zero-order chi connectivity index (χ0) is 23.7. The van der Waals surface area contributed by atoms with E-state index in [2.05, 4.69) is 27.8 Å². The summed E-state index contributed by atoms with van der Waals surface area (Å²) in [7, 11) is 0. The topological polar surface area (TPSA) is 143 Å². The molecule has 1 unspecified atom stereocenters. The molecule has 1 aliphatic rings. The van der Waals surface area contributed by atoms with Gasteiger partial charge in [0, 0.05) is 23.5 Å². The molecule has 1 heterocycles. The lowest BCUT2D eigenvalue weighted by Crippen LogP contribution is -2.48. The minimum absolute atomic E-state index is 0.0747. The van der Waals surface area contributed by atoms with Crippen LogP contribution in [0.4, 0.5) is 11.4 Å². The van der Waals surface area contributed by atoms with E-state index in [1.165, 1.54) is 6.92 Å². The van der Waals surface area contributed by atoms with Crippen molar-refractivity contribution in [1.82, 2.24) is 10.6 Å². The van der Waals surface area contributed by atoms with E-state index in [0.717, 1.165) is 12.0 Å². The number of hydrogen-bond acceptors (Lipinski definition) is 6. The maximum absolute atomic E-state index is 12.8. The molecule has 0 spiro atoms. The van der Waals surface area contributed by atoms with E-state index in [9.17, 15) is 24.0 Å². The molecule has 172 valence electrons. The van der Waals surface area contributed by atoms with Crippen molar-refractivity contribution in [2.75, 3.05) is 30.3 Å². The summed E-state index contributed by atoms with van der Waals surface area (Å²) in [5, 5.41) is 10.3. The zero-order valence-corrected chi connectivity index (χ0v) is 18.2. The lowest BCUT2D eigenvalue weighted by molar-refractivity contribution is -0.143. The highest BCUT2D eigenvalue weighted by Crippen LogP contribution is 2.26. The lowest BCUT2D eigenvalue weighted by atomic mass is 10.1. The number of esters is 1. The van der Waals surface area contributed by atoms with Crippen molar-refractivity contribution in [3.05, 3.63) is 35.9 Å². The summed E-state index contributed by atoms with van der Waals surface area (Å²) in [6.45, 7) is 7.01. The highest BCUT2D eigenvalue weighted by Gasteiger charge is 2.34. The van der Waals surface area contributed by atoms with Gasteiger partial charge in [0.2, 0.25) is 23.6 Å². The number of hydrogen-bond donors (Lipinski definition) is 4. The number of carbonyl (C=O) groups excluding carboxylic acids is 5. The predicted molar refractivity (Wildman–Crippen MR) is 118 cm³/mol. The Morgan fingerprint density at radius 3 is 2.47 bits per heavy atom. The van der Waals surface area contributed by atoms with Crippen LogP contribution >= 0.6 is 0 Å². The lowest BCUT2D eigenvalue weighted by Gasteiger charge is -2.17. The third-order valence-corrected chi connectivity index (χ3v) is 4.60. The molecule has 10 nitrogen and oxygen atoms in total. The van der Waals surface area contributed by atoms with Crippen molar-refractivity contribution in [3.63, 3.8) is 0 Å². The van der Waals surface area contributed by atoms with Gasteiger partial charge in [-0.05, 0) is 31.0 Å². The Bertz CT molecular complexity index is 927. The van der Waals surface area contributed by atoms with Gasteiger partial charge in [-0.3, -0.25) is 19.2 Å². The fraction of sp³-hybridized carbons (Fsp3) is 0.409. The second-order valence-electron chi connectivity index (χ2n) is 7.37. The average molecular weight is 444 g/mol. The average Bonchev–Trinajstić information content (AvgIpc) is 3.10. The summed E-state index contributed by atoms with van der Waals surface area (Å²) >= 11 is 0. The molecule has 2 rings (SSSR count). The van der Waals surface area contributed by atoms with Crippen LogP contribution in [0.1, 0.15) is 32.3 Å². The molecule has 1 aromatic rings. The van der Waals surface area contributed by atoms with E-state index in [1.54, 1.807) is 18.2 Å². The van der Waals surface area contributed by atoms with Gasteiger partial charge in [0.05, 0.1) is 13.0 Å². The molecule has 1 atom stereocenters. The Kier molecular flexibility index (Phi) is 8.94. The maximum Gasteiger partial charge on any atom is 0.333 e. The van der Waals surface area contributed by atoms with Crippen LogP contribution in [0.15, 0.2) is 30.4 Å². The molecule has 4 amide bonds. The van der Waals surface area contributed by atoms with Gasteiger partial charge >= 0.3 is 5.97 Å². The van der Waals surface area contributed by atoms with Crippen molar-refractivity contribution < 1.29 is 28.7 Å². The minimum atomic E-state index is -1.65. The number of amides is 4. The largest absolute Gasteiger partial charge is 0.460 e. The number of unbranched alkanes of at least 4 members (excludes halogenated alkanes) is 1. The van der Waals surface area contributed by atoms with Gasteiger partial charge in [-0.2, -0.15) is 0 Å². The van der Waals surface area contributed by atoms with Crippen LogP contribution in [0.3, 0.4) is 0 Å². The van der Waals surface area contributed by atoms with Gasteiger partial charge in [0.15, 0.2) is 5.92 Å². The summed E-state index contributed by atoms with van der Waals surface area (Å²) in [5.74, 6) is -4.77. The quantitative estimate of drug-likeness (QED) is 0.173. The van der Waals surface area contributed by atoms with Crippen molar-refractivity contribution in [2.45, 2.75) is 33.1 Å². The van der Waals surface area contributed by atoms with Gasteiger partial charge in [-0.1, -0.05) is 26.0 Å². The van der Waals surface area contributed by atoms with Gasteiger partial charge in [0.1, 0.15) is 6.61 Å². The molecular weight excluding hydrogens is 416 g/mol. The molecule has 1 aliphatic heterocycles. The number of carbonyl (C=O) groups is 5. The smallest absolute Gasteiger partial charge is 0.333 e. The fourth-order valence-corrected chi connectivity index (χ4v) is 2.90. The third kappa shape index (κ3) is 6.93. The normalized spacial score (nSPS) is 12.8. The van der Waals surface area contributed by atoms with Crippen LogP contribution < -0.4 is 21.3 Å². The molecular formula is C22H28N4O6. The summed E-state index contributed by atoms with van der Waals surface area (Å²) in [4.78, 5) is 60.9. The standard InChI is InChI=1S/C22H28N4O6/c1-4-5-8-23-19(28)18(20(29)24-9-10-32-22(31)13(2)3)21(30)25-15-7-6-14-11-17(27)26-16(14)12-15/h6-7,12,18H,2,4-5,8-11H2,1,3H3,(H,23,28)(H,24,29)(H,25,30)(H,26,27). The van der Waals surface area contributed by atoms with E-state index < -0.39 is 29.6 Å². The van der Waals surface area contributed by atoms with E-state index >= 15 is 0 Å². The van der Waals surface area contributed by atoms with Crippen LogP contribution in [0.25, 0.3) is 0 Å². The van der Waals surface area contributed by atoms with Crippen LogP contribution in [-0.4, -0.2) is 49.3 Å².